The second kappa shape index (κ2) is 4.47. The van der Waals surface area contributed by atoms with Crippen LogP contribution in [0.1, 0.15) is 17.2 Å². The summed E-state index contributed by atoms with van der Waals surface area (Å²) in [6, 6.07) is 8.75. The van der Waals surface area contributed by atoms with Crippen LogP contribution in [-0.4, -0.2) is 20.4 Å². The Labute approximate surface area is 114 Å². The lowest BCUT2D eigenvalue weighted by Gasteiger charge is -2.23. The van der Waals surface area contributed by atoms with Crippen LogP contribution in [0.3, 0.4) is 0 Å². The highest BCUT2D eigenvalue weighted by Gasteiger charge is 2.25. The van der Waals surface area contributed by atoms with Crippen LogP contribution in [0.2, 0.25) is 0 Å². The molecule has 1 aliphatic rings. The van der Waals surface area contributed by atoms with Crippen LogP contribution in [0.4, 0.5) is 0 Å². The quantitative estimate of drug-likeness (QED) is 0.639. The molecular weight excluding hydrogens is 260 g/mol. The Morgan fingerprint density at radius 3 is 2.30 bits per heavy atom. The molecule has 0 amide bonds. The zero-order valence-electron chi connectivity index (χ0n) is 10.3. The van der Waals surface area contributed by atoms with Gasteiger partial charge >= 0.3 is 0 Å². The van der Waals surface area contributed by atoms with Crippen molar-refractivity contribution in [2.75, 3.05) is 0 Å². The number of aliphatic hydroxyl groups excluding tert-OH is 1. The Bertz CT molecular complexity index is 688. The zero-order valence-corrected chi connectivity index (χ0v) is 10.3. The van der Waals surface area contributed by atoms with Crippen molar-refractivity contribution >= 4 is 5.76 Å². The lowest BCUT2D eigenvalue weighted by molar-refractivity contribution is 0.211. The Kier molecular flexibility index (Phi) is 2.76. The smallest absolute Gasteiger partial charge is 0.140 e. The van der Waals surface area contributed by atoms with Gasteiger partial charge in [-0.25, -0.2) is 0 Å². The van der Waals surface area contributed by atoms with E-state index in [2.05, 4.69) is 0 Å². The van der Waals surface area contributed by atoms with Crippen molar-refractivity contribution in [1.82, 2.24) is 0 Å². The van der Waals surface area contributed by atoms with Crippen molar-refractivity contribution < 1.29 is 25.2 Å². The van der Waals surface area contributed by atoms with Crippen molar-refractivity contribution in [1.29, 1.82) is 0 Å². The number of hydrogen-bond donors (Lipinski definition) is 4. The lowest BCUT2D eigenvalue weighted by atomic mass is 10.0. The van der Waals surface area contributed by atoms with Gasteiger partial charge in [0.2, 0.25) is 0 Å². The molecule has 5 heteroatoms. The SMILES string of the molecule is Oc1ccc(C2=CC(O)c3c(O)cc(O)cc3O2)cc1. The van der Waals surface area contributed by atoms with Crippen molar-refractivity contribution in [3.05, 3.63) is 53.6 Å². The first-order valence-electron chi connectivity index (χ1n) is 5.97. The summed E-state index contributed by atoms with van der Waals surface area (Å²) in [6.07, 6.45) is 0.411. The van der Waals surface area contributed by atoms with Gasteiger partial charge in [-0.3, -0.25) is 0 Å². The maximum Gasteiger partial charge on any atom is 0.140 e. The van der Waals surface area contributed by atoms with E-state index in [1.807, 2.05) is 0 Å². The predicted octanol–water partition coefficient (Wildman–Crippen LogP) is 2.27. The van der Waals surface area contributed by atoms with Gasteiger partial charge in [-0.15, -0.1) is 0 Å². The second-order valence-electron chi connectivity index (χ2n) is 4.50. The van der Waals surface area contributed by atoms with E-state index in [9.17, 15) is 20.4 Å². The minimum atomic E-state index is -1.04. The lowest BCUT2D eigenvalue weighted by Crippen LogP contribution is -2.08. The highest BCUT2D eigenvalue weighted by molar-refractivity contribution is 5.68. The van der Waals surface area contributed by atoms with Crippen LogP contribution >= 0.6 is 0 Å². The molecule has 0 fully saturated rings. The maximum absolute atomic E-state index is 10.1. The van der Waals surface area contributed by atoms with E-state index in [0.717, 1.165) is 6.07 Å². The predicted molar refractivity (Wildman–Crippen MR) is 71.4 cm³/mol. The van der Waals surface area contributed by atoms with Gasteiger partial charge in [0, 0.05) is 17.7 Å². The van der Waals surface area contributed by atoms with Gasteiger partial charge in [0.05, 0.1) is 5.56 Å². The molecule has 0 aromatic heterocycles. The fourth-order valence-corrected chi connectivity index (χ4v) is 2.14. The fraction of sp³-hybridized carbons (Fsp3) is 0.0667. The topological polar surface area (TPSA) is 90.2 Å². The fourth-order valence-electron chi connectivity index (χ4n) is 2.14. The third-order valence-corrected chi connectivity index (χ3v) is 3.08. The number of hydrogen-bond acceptors (Lipinski definition) is 5. The van der Waals surface area contributed by atoms with Gasteiger partial charge in [0.1, 0.15) is 34.9 Å². The molecular formula is C15H12O5. The highest BCUT2D eigenvalue weighted by atomic mass is 16.5. The first-order chi connectivity index (χ1) is 9.54. The van der Waals surface area contributed by atoms with E-state index in [4.69, 9.17) is 4.74 Å². The molecule has 1 heterocycles. The van der Waals surface area contributed by atoms with Crippen molar-refractivity contribution in [3.8, 4) is 23.0 Å². The van der Waals surface area contributed by atoms with Crippen molar-refractivity contribution in [2.24, 2.45) is 0 Å². The molecule has 4 N–H and O–H groups in total. The standard InChI is InChI=1S/C15H12O5/c16-9-3-1-8(2-4-9)13-7-12(19)15-11(18)5-10(17)6-14(15)20-13/h1-7,12,16-19H. The molecule has 0 radical (unpaired) electrons. The summed E-state index contributed by atoms with van der Waals surface area (Å²) in [5, 5.41) is 38.5. The summed E-state index contributed by atoms with van der Waals surface area (Å²) in [4.78, 5) is 0. The average molecular weight is 272 g/mol. The molecule has 0 saturated heterocycles. The summed E-state index contributed by atoms with van der Waals surface area (Å²) >= 11 is 0. The van der Waals surface area contributed by atoms with E-state index in [0.29, 0.717) is 11.3 Å². The maximum atomic E-state index is 10.1. The molecule has 0 spiro atoms. The Balaban J connectivity index is 2.04. The van der Waals surface area contributed by atoms with E-state index in [1.54, 1.807) is 12.1 Å². The van der Waals surface area contributed by atoms with Crippen LogP contribution in [0.25, 0.3) is 5.76 Å². The van der Waals surface area contributed by atoms with E-state index < -0.39 is 6.10 Å². The van der Waals surface area contributed by atoms with Gasteiger partial charge in [-0.05, 0) is 30.3 Å². The first kappa shape index (κ1) is 12.4. The highest BCUT2D eigenvalue weighted by Crippen LogP contribution is 2.43. The molecule has 0 aliphatic carbocycles. The van der Waals surface area contributed by atoms with Crippen LogP contribution < -0.4 is 4.74 Å². The van der Waals surface area contributed by atoms with Crippen LogP contribution in [0.15, 0.2) is 42.5 Å². The Morgan fingerprint density at radius 2 is 1.60 bits per heavy atom. The summed E-state index contributed by atoms with van der Waals surface area (Å²) in [7, 11) is 0. The molecule has 102 valence electrons. The third kappa shape index (κ3) is 2.04. The average Bonchev–Trinajstić information content (AvgIpc) is 2.38. The number of rotatable bonds is 1. The van der Waals surface area contributed by atoms with Gasteiger partial charge < -0.3 is 25.2 Å². The molecule has 2 aromatic rings. The van der Waals surface area contributed by atoms with Gasteiger partial charge in [0.25, 0.3) is 0 Å². The summed E-state index contributed by atoms with van der Waals surface area (Å²) in [5.74, 6) is 0.325. The normalized spacial score (nSPS) is 17.1. The molecule has 5 nitrogen and oxygen atoms in total. The molecule has 0 saturated carbocycles. The molecule has 1 aliphatic heterocycles. The van der Waals surface area contributed by atoms with Crippen molar-refractivity contribution in [3.63, 3.8) is 0 Å². The molecule has 1 unspecified atom stereocenters. The number of aromatic hydroxyl groups is 3. The molecule has 20 heavy (non-hydrogen) atoms. The first-order valence-corrected chi connectivity index (χ1v) is 5.97. The number of aliphatic hydroxyl groups is 1. The summed E-state index contributed by atoms with van der Waals surface area (Å²) in [5.41, 5.74) is 0.876. The van der Waals surface area contributed by atoms with Gasteiger partial charge in [-0.1, -0.05) is 0 Å². The Hall–Kier alpha value is -2.66. The summed E-state index contributed by atoms with van der Waals surface area (Å²) in [6.45, 7) is 0. The summed E-state index contributed by atoms with van der Waals surface area (Å²) < 4.78 is 5.59. The minimum absolute atomic E-state index is 0.126. The largest absolute Gasteiger partial charge is 0.508 e. The third-order valence-electron chi connectivity index (χ3n) is 3.08. The number of phenols is 3. The Morgan fingerprint density at radius 1 is 0.900 bits per heavy atom. The van der Waals surface area contributed by atoms with E-state index >= 15 is 0 Å². The molecule has 3 rings (SSSR count). The molecule has 0 bridgehead atoms. The van der Waals surface area contributed by atoms with Crippen LogP contribution in [0.5, 0.6) is 23.0 Å². The number of benzene rings is 2. The molecule has 2 aromatic carbocycles. The van der Waals surface area contributed by atoms with Crippen molar-refractivity contribution in [2.45, 2.75) is 6.10 Å². The zero-order chi connectivity index (χ0) is 14.3. The number of phenolic OH excluding ortho intramolecular Hbond substituents is 3. The van der Waals surface area contributed by atoms with Gasteiger partial charge in [0.15, 0.2) is 0 Å². The van der Waals surface area contributed by atoms with Gasteiger partial charge in [-0.2, -0.15) is 0 Å². The van der Waals surface area contributed by atoms with E-state index in [-0.39, 0.29) is 28.6 Å². The molecule has 1 atom stereocenters. The van der Waals surface area contributed by atoms with E-state index in [1.165, 1.54) is 24.3 Å². The number of ether oxygens (including phenoxy) is 1. The van der Waals surface area contributed by atoms with Crippen LogP contribution in [-0.2, 0) is 0 Å². The monoisotopic (exact) mass is 272 g/mol. The number of fused-ring (bicyclic) bond motifs is 1. The second-order valence-corrected chi connectivity index (χ2v) is 4.50. The van der Waals surface area contributed by atoms with Crippen LogP contribution in [0, 0.1) is 0 Å². The minimum Gasteiger partial charge on any atom is -0.508 e.